The van der Waals surface area contributed by atoms with Gasteiger partial charge in [-0.15, -0.1) is 0 Å². The van der Waals surface area contributed by atoms with E-state index in [0.29, 0.717) is 5.82 Å². The average Bonchev–Trinajstić information content (AvgIpc) is 2.47. The van der Waals surface area contributed by atoms with E-state index >= 15 is 0 Å². The van der Waals surface area contributed by atoms with Crippen LogP contribution in [0.2, 0.25) is 0 Å². The van der Waals surface area contributed by atoms with Crippen LogP contribution in [0.25, 0.3) is 0 Å². The number of nitrogens with zero attached hydrogens (tertiary/aromatic N) is 2. The van der Waals surface area contributed by atoms with E-state index in [0.717, 1.165) is 16.8 Å². The molecule has 0 aliphatic rings. The second kappa shape index (κ2) is 3.54. The lowest BCUT2D eigenvalue weighted by molar-refractivity contribution is 0.179. The van der Waals surface area contributed by atoms with Crippen molar-refractivity contribution in [2.75, 3.05) is 0 Å². The molecule has 0 fully saturated rings. The summed E-state index contributed by atoms with van der Waals surface area (Å²) in [5, 5.41) is 9.27. The molecule has 0 saturated heterocycles. The smallest absolute Gasteiger partial charge is 0.141 e. The van der Waals surface area contributed by atoms with E-state index < -0.39 is 0 Å². The van der Waals surface area contributed by atoms with Gasteiger partial charge in [-0.1, -0.05) is 30.3 Å². The average molecular weight is 188 g/mol. The zero-order valence-corrected chi connectivity index (χ0v) is 8.01. The molecule has 1 aromatic carbocycles. The first-order valence-electron chi connectivity index (χ1n) is 4.54. The van der Waals surface area contributed by atoms with Crippen molar-refractivity contribution in [1.82, 2.24) is 9.71 Å². The maximum atomic E-state index is 9.27. The van der Waals surface area contributed by atoms with Crippen LogP contribution in [0.3, 0.4) is 0 Å². The second-order valence-electron chi connectivity index (χ2n) is 3.29. The van der Waals surface area contributed by atoms with Crippen molar-refractivity contribution < 1.29 is 5.21 Å². The predicted molar refractivity (Wildman–Crippen MR) is 53.4 cm³/mol. The van der Waals surface area contributed by atoms with E-state index in [4.69, 9.17) is 0 Å². The summed E-state index contributed by atoms with van der Waals surface area (Å²) in [6.45, 7) is 1.77. The molecule has 0 saturated carbocycles. The molecular weight excluding hydrogens is 176 g/mol. The zero-order chi connectivity index (χ0) is 9.97. The van der Waals surface area contributed by atoms with E-state index in [9.17, 15) is 5.21 Å². The van der Waals surface area contributed by atoms with Crippen LogP contribution in [-0.2, 0) is 6.42 Å². The Morgan fingerprint density at radius 2 is 2.00 bits per heavy atom. The summed E-state index contributed by atoms with van der Waals surface area (Å²) in [5.74, 6) is 0.621. The Morgan fingerprint density at radius 3 is 2.57 bits per heavy atom. The van der Waals surface area contributed by atoms with Gasteiger partial charge in [0, 0.05) is 6.42 Å². The minimum atomic E-state index is 0.621. The van der Waals surface area contributed by atoms with Gasteiger partial charge in [-0.3, -0.25) is 0 Å². The molecule has 3 heteroatoms. The molecule has 2 aromatic rings. The van der Waals surface area contributed by atoms with Crippen LogP contribution in [0, 0.1) is 6.92 Å². The van der Waals surface area contributed by atoms with Crippen molar-refractivity contribution in [2.24, 2.45) is 0 Å². The summed E-state index contributed by atoms with van der Waals surface area (Å²) < 4.78 is 1.05. The topological polar surface area (TPSA) is 38.0 Å². The summed E-state index contributed by atoms with van der Waals surface area (Å²) in [6, 6.07) is 10.1. The molecule has 0 spiro atoms. The summed E-state index contributed by atoms with van der Waals surface area (Å²) in [5.41, 5.74) is 2.09. The fraction of sp³-hybridized carbons (Fsp3) is 0.182. The molecule has 1 N–H and O–H groups in total. The lowest BCUT2D eigenvalue weighted by Crippen LogP contribution is -1.89. The molecule has 0 amide bonds. The molecule has 1 aromatic heterocycles. The molecule has 0 radical (unpaired) electrons. The van der Waals surface area contributed by atoms with Gasteiger partial charge in [-0.05, 0) is 12.5 Å². The fourth-order valence-electron chi connectivity index (χ4n) is 1.41. The van der Waals surface area contributed by atoms with Gasteiger partial charge in [0.05, 0.1) is 11.9 Å². The summed E-state index contributed by atoms with van der Waals surface area (Å²) in [6.07, 6.45) is 2.40. The molecular formula is C11H12N2O. The normalized spacial score (nSPS) is 10.4. The summed E-state index contributed by atoms with van der Waals surface area (Å²) in [4.78, 5) is 4.22. The SMILES string of the molecule is Cc1nc(Cc2ccccc2)cn1O. The predicted octanol–water partition coefficient (Wildman–Crippen LogP) is 2.02. The van der Waals surface area contributed by atoms with Gasteiger partial charge in [0.25, 0.3) is 0 Å². The quantitative estimate of drug-likeness (QED) is 0.732. The van der Waals surface area contributed by atoms with Crippen LogP contribution in [0.4, 0.5) is 0 Å². The minimum absolute atomic E-state index is 0.621. The molecule has 14 heavy (non-hydrogen) atoms. The molecule has 0 aliphatic carbocycles. The minimum Gasteiger partial charge on any atom is -0.427 e. The van der Waals surface area contributed by atoms with Gasteiger partial charge in [0.15, 0.2) is 0 Å². The first kappa shape index (κ1) is 8.81. The van der Waals surface area contributed by atoms with Crippen LogP contribution in [-0.4, -0.2) is 14.9 Å². The number of hydrogen-bond donors (Lipinski definition) is 1. The number of imidazole rings is 1. The van der Waals surface area contributed by atoms with Gasteiger partial charge >= 0.3 is 0 Å². The van der Waals surface area contributed by atoms with Crippen LogP contribution >= 0.6 is 0 Å². The van der Waals surface area contributed by atoms with Gasteiger partial charge in [0.1, 0.15) is 5.82 Å². The number of aromatic nitrogens is 2. The highest BCUT2D eigenvalue weighted by Gasteiger charge is 2.02. The first-order valence-corrected chi connectivity index (χ1v) is 4.54. The fourth-order valence-corrected chi connectivity index (χ4v) is 1.41. The van der Waals surface area contributed by atoms with Crippen molar-refractivity contribution in [3.05, 3.63) is 53.6 Å². The van der Waals surface area contributed by atoms with Crippen LogP contribution in [0.1, 0.15) is 17.1 Å². The van der Waals surface area contributed by atoms with E-state index in [2.05, 4.69) is 4.98 Å². The Hall–Kier alpha value is -1.77. The Bertz CT molecular complexity index is 401. The Morgan fingerprint density at radius 1 is 1.29 bits per heavy atom. The van der Waals surface area contributed by atoms with Crippen molar-refractivity contribution in [3.8, 4) is 0 Å². The maximum absolute atomic E-state index is 9.27. The van der Waals surface area contributed by atoms with E-state index in [1.807, 2.05) is 30.3 Å². The molecule has 0 atom stereocenters. The lowest BCUT2D eigenvalue weighted by Gasteiger charge is -1.95. The highest BCUT2D eigenvalue weighted by atomic mass is 16.5. The van der Waals surface area contributed by atoms with Crippen molar-refractivity contribution >= 4 is 0 Å². The molecule has 0 unspecified atom stereocenters. The summed E-state index contributed by atoms with van der Waals surface area (Å²) >= 11 is 0. The standard InChI is InChI=1S/C11H12N2O/c1-9-12-11(8-13(9)14)7-10-5-3-2-4-6-10/h2-6,8,14H,7H2,1H3. The van der Waals surface area contributed by atoms with Gasteiger partial charge in [-0.2, -0.15) is 4.73 Å². The molecule has 0 bridgehead atoms. The van der Waals surface area contributed by atoms with Crippen LogP contribution < -0.4 is 0 Å². The van der Waals surface area contributed by atoms with Gasteiger partial charge < -0.3 is 5.21 Å². The maximum Gasteiger partial charge on any atom is 0.141 e. The number of hydrogen-bond acceptors (Lipinski definition) is 2. The van der Waals surface area contributed by atoms with Crippen LogP contribution in [0.15, 0.2) is 36.5 Å². The third kappa shape index (κ3) is 1.76. The largest absolute Gasteiger partial charge is 0.427 e. The number of benzene rings is 1. The van der Waals surface area contributed by atoms with Crippen molar-refractivity contribution in [2.45, 2.75) is 13.3 Å². The van der Waals surface area contributed by atoms with E-state index in [1.54, 1.807) is 13.1 Å². The Labute approximate surface area is 82.6 Å². The van der Waals surface area contributed by atoms with Gasteiger partial charge in [0.2, 0.25) is 0 Å². The van der Waals surface area contributed by atoms with Crippen molar-refractivity contribution in [1.29, 1.82) is 0 Å². The van der Waals surface area contributed by atoms with E-state index in [-0.39, 0.29) is 0 Å². The molecule has 0 aliphatic heterocycles. The third-order valence-corrected chi connectivity index (χ3v) is 2.14. The highest BCUT2D eigenvalue weighted by molar-refractivity contribution is 5.20. The monoisotopic (exact) mass is 188 g/mol. The van der Waals surface area contributed by atoms with Crippen molar-refractivity contribution in [3.63, 3.8) is 0 Å². The Kier molecular flexibility index (Phi) is 2.23. The highest BCUT2D eigenvalue weighted by Crippen LogP contribution is 2.07. The number of aryl methyl sites for hydroxylation is 1. The zero-order valence-electron chi connectivity index (χ0n) is 8.01. The summed E-state index contributed by atoms with van der Waals surface area (Å²) in [7, 11) is 0. The van der Waals surface area contributed by atoms with E-state index in [1.165, 1.54) is 5.56 Å². The molecule has 1 heterocycles. The number of rotatable bonds is 2. The molecule has 2 rings (SSSR count). The second-order valence-corrected chi connectivity index (χ2v) is 3.29. The molecule has 72 valence electrons. The molecule has 3 nitrogen and oxygen atoms in total. The Balaban J connectivity index is 2.19. The van der Waals surface area contributed by atoms with Gasteiger partial charge in [-0.25, -0.2) is 4.98 Å². The van der Waals surface area contributed by atoms with Crippen LogP contribution in [0.5, 0.6) is 0 Å². The lowest BCUT2D eigenvalue weighted by atomic mass is 10.1. The third-order valence-electron chi connectivity index (χ3n) is 2.14. The first-order chi connectivity index (χ1) is 6.75.